The van der Waals surface area contributed by atoms with Crippen molar-refractivity contribution in [3.8, 4) is 0 Å². The Labute approximate surface area is 52.0 Å². The van der Waals surface area contributed by atoms with Crippen molar-refractivity contribution in [3.05, 3.63) is 0 Å². The third kappa shape index (κ3) is 7.93. The molecule has 0 radical (unpaired) electrons. The van der Waals surface area contributed by atoms with Crippen molar-refractivity contribution in [2.24, 2.45) is 0 Å². The largest absolute Gasteiger partial charge is 0.527 e. The fraction of sp³-hybridized carbons (Fsp3) is 1.00. The van der Waals surface area contributed by atoms with E-state index in [-0.39, 0.29) is 0 Å². The summed E-state index contributed by atoms with van der Waals surface area (Å²) in [4.78, 5) is 0. The Balaban J connectivity index is 3.75. The normalized spacial score (nSPS) is 19.3. The number of hydrogen-bond acceptors (Lipinski definition) is 2. The van der Waals surface area contributed by atoms with Crippen LogP contribution in [0.1, 0.15) is 0 Å². The van der Waals surface area contributed by atoms with Crippen LogP contribution in [0.4, 0.5) is 17.6 Å². The van der Waals surface area contributed by atoms with Crippen LogP contribution in [-0.2, 0) is 4.74 Å². The van der Waals surface area contributed by atoms with Gasteiger partial charge in [0.2, 0.25) is 0 Å². The van der Waals surface area contributed by atoms with Gasteiger partial charge in [0.05, 0.1) is 0 Å². The van der Waals surface area contributed by atoms with Crippen LogP contribution in [0.15, 0.2) is 0 Å². The third-order valence-electron chi connectivity index (χ3n) is 0.239. The standard InChI is InChI=1S/C2HClF4O2/c3-1(4,8)9-2(5,6)7/h8H. The SMILES string of the molecule is OC(F)(Cl)OC(F)(F)F. The molecule has 0 aromatic rings. The fourth-order valence-electron chi connectivity index (χ4n) is 0.139. The number of hydrogen-bond donors (Lipinski definition) is 1. The van der Waals surface area contributed by atoms with Gasteiger partial charge in [-0.1, -0.05) is 0 Å². The first-order valence-corrected chi connectivity index (χ1v) is 1.95. The lowest BCUT2D eigenvalue weighted by Crippen LogP contribution is -2.27. The van der Waals surface area contributed by atoms with Crippen LogP contribution in [0.25, 0.3) is 0 Å². The van der Waals surface area contributed by atoms with E-state index in [4.69, 9.17) is 5.11 Å². The molecule has 0 aromatic carbocycles. The zero-order valence-electron chi connectivity index (χ0n) is 3.75. The minimum absolute atomic E-state index is 2.28. The summed E-state index contributed by atoms with van der Waals surface area (Å²) in [5.41, 5.74) is -4.17. The highest BCUT2D eigenvalue weighted by molar-refractivity contribution is 6.20. The lowest BCUT2D eigenvalue weighted by atomic mass is 11.2. The Morgan fingerprint density at radius 2 is 1.56 bits per heavy atom. The second-order valence-corrected chi connectivity index (χ2v) is 1.50. The molecule has 0 aromatic heterocycles. The molecule has 0 fully saturated rings. The molecular formula is C2HClF4O2. The highest BCUT2D eigenvalue weighted by Gasteiger charge is 2.41. The van der Waals surface area contributed by atoms with Crippen LogP contribution in [0, 0.1) is 0 Å². The van der Waals surface area contributed by atoms with Crippen LogP contribution >= 0.6 is 11.6 Å². The molecule has 0 aliphatic heterocycles. The first kappa shape index (κ1) is 8.93. The number of halogens is 5. The summed E-state index contributed by atoms with van der Waals surface area (Å²) >= 11 is 3.96. The highest BCUT2D eigenvalue weighted by atomic mass is 35.5. The van der Waals surface area contributed by atoms with E-state index >= 15 is 0 Å². The summed E-state index contributed by atoms with van der Waals surface area (Å²) in [6.45, 7) is 0. The second kappa shape index (κ2) is 2.28. The van der Waals surface area contributed by atoms with Crippen molar-refractivity contribution in [1.29, 1.82) is 0 Å². The Bertz CT molecular complexity index is 81.7. The predicted octanol–water partition coefficient (Wildman–Crippen LogP) is 1.33. The van der Waals surface area contributed by atoms with Crippen molar-refractivity contribution in [3.63, 3.8) is 0 Å². The molecule has 0 aliphatic carbocycles. The number of ether oxygens (including phenoxy) is 1. The Morgan fingerprint density at radius 3 is 1.56 bits per heavy atom. The Kier molecular flexibility index (Phi) is 2.26. The van der Waals surface area contributed by atoms with Crippen LogP contribution in [0.3, 0.4) is 0 Å². The summed E-state index contributed by atoms with van der Waals surface area (Å²) in [6.07, 6.45) is -5.27. The van der Waals surface area contributed by atoms with E-state index in [2.05, 4.69) is 16.3 Å². The Morgan fingerprint density at radius 1 is 1.22 bits per heavy atom. The molecule has 1 N–H and O–H groups in total. The average Bonchev–Trinajstić information content (AvgIpc) is 1.14. The molecule has 0 rings (SSSR count). The van der Waals surface area contributed by atoms with Gasteiger partial charge in [-0.05, 0) is 11.6 Å². The summed E-state index contributed by atoms with van der Waals surface area (Å²) in [5, 5.41) is 7.51. The van der Waals surface area contributed by atoms with E-state index in [9.17, 15) is 17.6 Å². The monoisotopic (exact) mass is 168 g/mol. The van der Waals surface area contributed by atoms with Gasteiger partial charge in [0.1, 0.15) is 0 Å². The van der Waals surface area contributed by atoms with Gasteiger partial charge in [0, 0.05) is 0 Å². The number of aliphatic hydroxyl groups is 1. The third-order valence-corrected chi connectivity index (χ3v) is 0.316. The van der Waals surface area contributed by atoms with Gasteiger partial charge in [0.15, 0.2) is 0 Å². The van der Waals surface area contributed by atoms with Gasteiger partial charge in [-0.15, -0.1) is 13.2 Å². The molecule has 2 nitrogen and oxygen atoms in total. The van der Waals surface area contributed by atoms with Gasteiger partial charge in [-0.25, -0.2) is 4.74 Å². The minimum Gasteiger partial charge on any atom is -0.326 e. The van der Waals surface area contributed by atoms with Gasteiger partial charge >= 0.3 is 11.9 Å². The summed E-state index contributed by atoms with van der Waals surface area (Å²) in [5.74, 6) is 0. The minimum atomic E-state index is -5.27. The summed E-state index contributed by atoms with van der Waals surface area (Å²) in [7, 11) is 0. The molecule has 0 bridgehead atoms. The molecule has 9 heavy (non-hydrogen) atoms. The summed E-state index contributed by atoms with van der Waals surface area (Å²) in [6, 6.07) is 0. The maximum atomic E-state index is 11.3. The van der Waals surface area contributed by atoms with Crippen molar-refractivity contribution in [2.45, 2.75) is 11.9 Å². The molecule has 0 spiro atoms. The highest BCUT2D eigenvalue weighted by Crippen LogP contribution is 2.26. The summed E-state index contributed by atoms with van der Waals surface area (Å²) < 4.78 is 46.1. The lowest BCUT2D eigenvalue weighted by Gasteiger charge is -2.12. The fourth-order valence-corrected chi connectivity index (χ4v) is 0.227. The molecule has 7 heteroatoms. The quantitative estimate of drug-likeness (QED) is 0.364. The van der Waals surface area contributed by atoms with Gasteiger partial charge in [0.25, 0.3) is 0 Å². The van der Waals surface area contributed by atoms with Crippen LogP contribution in [0.2, 0.25) is 0 Å². The molecule has 0 aliphatic rings. The van der Waals surface area contributed by atoms with Crippen molar-refractivity contribution in [2.75, 3.05) is 0 Å². The first-order chi connectivity index (χ1) is 3.71. The van der Waals surface area contributed by atoms with Crippen molar-refractivity contribution in [1.82, 2.24) is 0 Å². The van der Waals surface area contributed by atoms with Gasteiger partial charge < -0.3 is 5.11 Å². The average molecular weight is 168 g/mol. The van der Waals surface area contributed by atoms with Crippen LogP contribution in [0.5, 0.6) is 0 Å². The molecule has 0 amide bonds. The van der Waals surface area contributed by atoms with Gasteiger partial charge in [-0.3, -0.25) is 0 Å². The first-order valence-electron chi connectivity index (χ1n) is 1.58. The predicted molar refractivity (Wildman–Crippen MR) is 19.1 cm³/mol. The van der Waals surface area contributed by atoms with Gasteiger partial charge in [-0.2, -0.15) is 4.39 Å². The topological polar surface area (TPSA) is 29.5 Å². The molecule has 1 unspecified atom stereocenters. The molecule has 0 saturated carbocycles. The van der Waals surface area contributed by atoms with Crippen LogP contribution in [-0.4, -0.2) is 17.0 Å². The molecular weight excluding hydrogens is 167 g/mol. The molecule has 0 saturated heterocycles. The van der Waals surface area contributed by atoms with E-state index in [1.807, 2.05) is 0 Å². The van der Waals surface area contributed by atoms with Crippen molar-refractivity contribution < 1.29 is 27.4 Å². The zero-order valence-corrected chi connectivity index (χ0v) is 4.50. The van der Waals surface area contributed by atoms with E-state index < -0.39 is 11.9 Å². The van der Waals surface area contributed by atoms with E-state index in [1.165, 1.54) is 0 Å². The number of alkyl halides is 5. The van der Waals surface area contributed by atoms with E-state index in [1.54, 1.807) is 0 Å². The maximum Gasteiger partial charge on any atom is 0.527 e. The van der Waals surface area contributed by atoms with E-state index in [0.717, 1.165) is 0 Å². The second-order valence-electron chi connectivity index (χ2n) is 1.03. The molecule has 56 valence electrons. The maximum absolute atomic E-state index is 11.3. The van der Waals surface area contributed by atoms with Crippen molar-refractivity contribution >= 4 is 11.6 Å². The lowest BCUT2D eigenvalue weighted by molar-refractivity contribution is -0.415. The molecule has 1 atom stereocenters. The van der Waals surface area contributed by atoms with E-state index in [0.29, 0.717) is 0 Å². The zero-order chi connectivity index (χ0) is 7.71. The Hall–Kier alpha value is -0.0700. The number of rotatable bonds is 1. The molecule has 0 heterocycles. The van der Waals surface area contributed by atoms with Crippen LogP contribution < -0.4 is 0 Å². The smallest absolute Gasteiger partial charge is 0.326 e.